The van der Waals surface area contributed by atoms with E-state index in [0.717, 1.165) is 11.1 Å². The monoisotopic (exact) mass is 344 g/mol. The molecule has 0 unspecified atom stereocenters. The Morgan fingerprint density at radius 2 is 1.68 bits per heavy atom. The molecule has 0 saturated heterocycles. The van der Waals surface area contributed by atoms with E-state index < -0.39 is 25.2 Å². The quantitative estimate of drug-likeness (QED) is 0.830. The molecular formula is C18H16O7. The SMILES string of the molecule is O=C(O)COc1cc(OCC(=O)O)c2c(c1)Oc1ccccc1CC2. The molecule has 0 aliphatic carbocycles. The van der Waals surface area contributed by atoms with Crippen molar-refractivity contribution in [3.05, 3.63) is 47.5 Å². The van der Waals surface area contributed by atoms with Crippen LogP contribution < -0.4 is 14.2 Å². The van der Waals surface area contributed by atoms with Gasteiger partial charge in [-0.3, -0.25) is 0 Å². The van der Waals surface area contributed by atoms with Crippen LogP contribution in [0, 0.1) is 0 Å². The molecule has 2 aromatic carbocycles. The third-order valence-corrected chi connectivity index (χ3v) is 3.69. The zero-order valence-electron chi connectivity index (χ0n) is 13.2. The smallest absolute Gasteiger partial charge is 0.341 e. The first-order valence-corrected chi connectivity index (χ1v) is 7.65. The van der Waals surface area contributed by atoms with E-state index >= 15 is 0 Å². The minimum atomic E-state index is -1.12. The molecule has 1 aliphatic heterocycles. The van der Waals surface area contributed by atoms with Gasteiger partial charge in [0, 0.05) is 17.7 Å². The fraction of sp³-hybridized carbons (Fsp3) is 0.222. The van der Waals surface area contributed by atoms with Gasteiger partial charge in [0.2, 0.25) is 0 Å². The summed E-state index contributed by atoms with van der Waals surface area (Å²) in [7, 11) is 0. The molecule has 3 rings (SSSR count). The van der Waals surface area contributed by atoms with E-state index in [2.05, 4.69) is 0 Å². The van der Waals surface area contributed by atoms with E-state index in [1.807, 2.05) is 24.3 Å². The summed E-state index contributed by atoms with van der Waals surface area (Å²) in [6, 6.07) is 10.7. The van der Waals surface area contributed by atoms with Crippen LogP contribution in [0.5, 0.6) is 23.0 Å². The molecule has 0 aromatic heterocycles. The van der Waals surface area contributed by atoms with Crippen molar-refractivity contribution < 1.29 is 34.0 Å². The van der Waals surface area contributed by atoms with Gasteiger partial charge in [-0.2, -0.15) is 0 Å². The molecule has 0 amide bonds. The maximum absolute atomic E-state index is 10.8. The Morgan fingerprint density at radius 3 is 2.44 bits per heavy atom. The van der Waals surface area contributed by atoms with Crippen molar-refractivity contribution >= 4 is 11.9 Å². The molecule has 1 aliphatic rings. The summed E-state index contributed by atoms with van der Waals surface area (Å²) in [5, 5.41) is 17.6. The molecule has 0 atom stereocenters. The van der Waals surface area contributed by atoms with E-state index in [4.69, 9.17) is 24.4 Å². The topological polar surface area (TPSA) is 102 Å². The van der Waals surface area contributed by atoms with E-state index in [0.29, 0.717) is 30.1 Å². The normalized spacial score (nSPS) is 12.2. The van der Waals surface area contributed by atoms with Crippen LogP contribution in [0.1, 0.15) is 11.1 Å². The van der Waals surface area contributed by atoms with Crippen LogP contribution in [0.2, 0.25) is 0 Å². The molecule has 7 nitrogen and oxygen atoms in total. The number of benzene rings is 2. The van der Waals surface area contributed by atoms with E-state index in [1.165, 1.54) is 6.07 Å². The second kappa shape index (κ2) is 7.12. The zero-order chi connectivity index (χ0) is 17.8. The number of aliphatic carboxylic acids is 2. The summed E-state index contributed by atoms with van der Waals surface area (Å²) in [6.07, 6.45) is 1.31. The van der Waals surface area contributed by atoms with E-state index in [1.54, 1.807) is 6.07 Å². The van der Waals surface area contributed by atoms with Gasteiger partial charge in [-0.15, -0.1) is 0 Å². The Labute approximate surface area is 143 Å². The minimum absolute atomic E-state index is 0.237. The van der Waals surface area contributed by atoms with Gasteiger partial charge in [0.25, 0.3) is 0 Å². The molecule has 130 valence electrons. The predicted molar refractivity (Wildman–Crippen MR) is 86.6 cm³/mol. The highest BCUT2D eigenvalue weighted by atomic mass is 16.5. The lowest BCUT2D eigenvalue weighted by Gasteiger charge is -2.15. The third-order valence-electron chi connectivity index (χ3n) is 3.69. The molecule has 0 bridgehead atoms. The van der Waals surface area contributed by atoms with Gasteiger partial charge >= 0.3 is 11.9 Å². The minimum Gasteiger partial charge on any atom is -0.482 e. The molecule has 0 saturated carbocycles. The summed E-state index contributed by atoms with van der Waals surface area (Å²) in [4.78, 5) is 21.5. The molecule has 0 radical (unpaired) electrons. The summed E-state index contributed by atoms with van der Waals surface area (Å²) in [6.45, 7) is -1.03. The van der Waals surface area contributed by atoms with Gasteiger partial charge in [-0.1, -0.05) is 18.2 Å². The van der Waals surface area contributed by atoms with Crippen molar-refractivity contribution in [3.63, 3.8) is 0 Å². The average molecular weight is 344 g/mol. The Bertz CT molecular complexity index is 813. The first kappa shape index (κ1) is 16.6. The number of rotatable bonds is 6. The number of carboxylic acid groups (broad SMARTS) is 2. The van der Waals surface area contributed by atoms with Gasteiger partial charge in [0.15, 0.2) is 13.2 Å². The van der Waals surface area contributed by atoms with Crippen LogP contribution in [0.4, 0.5) is 0 Å². The molecular weight excluding hydrogens is 328 g/mol. The van der Waals surface area contributed by atoms with Crippen LogP contribution in [0.3, 0.4) is 0 Å². The highest BCUT2D eigenvalue weighted by Gasteiger charge is 2.21. The highest BCUT2D eigenvalue weighted by Crippen LogP contribution is 2.41. The van der Waals surface area contributed by atoms with Crippen molar-refractivity contribution in [1.29, 1.82) is 0 Å². The lowest BCUT2D eigenvalue weighted by atomic mass is 10.0. The zero-order valence-corrected chi connectivity index (χ0v) is 13.2. The molecule has 2 aromatic rings. The number of para-hydroxylation sites is 1. The first-order chi connectivity index (χ1) is 12.0. The molecule has 7 heteroatoms. The number of hydrogen-bond acceptors (Lipinski definition) is 5. The summed E-state index contributed by atoms with van der Waals surface area (Å²) >= 11 is 0. The van der Waals surface area contributed by atoms with Gasteiger partial charge in [0.05, 0.1) is 0 Å². The highest BCUT2D eigenvalue weighted by molar-refractivity contribution is 5.69. The average Bonchev–Trinajstić information content (AvgIpc) is 2.76. The number of ether oxygens (including phenoxy) is 3. The van der Waals surface area contributed by atoms with Crippen LogP contribution in [-0.4, -0.2) is 35.4 Å². The van der Waals surface area contributed by atoms with Crippen LogP contribution in [0.25, 0.3) is 0 Å². The van der Waals surface area contributed by atoms with Gasteiger partial charge in [0.1, 0.15) is 23.0 Å². The van der Waals surface area contributed by atoms with Crippen molar-refractivity contribution in [3.8, 4) is 23.0 Å². The Balaban J connectivity index is 1.97. The largest absolute Gasteiger partial charge is 0.482 e. The molecule has 1 heterocycles. The lowest BCUT2D eigenvalue weighted by Crippen LogP contribution is -2.12. The summed E-state index contributed by atoms with van der Waals surface area (Å²) < 4.78 is 16.5. The molecule has 25 heavy (non-hydrogen) atoms. The standard InChI is InChI=1S/C18H16O7/c19-17(20)9-23-12-7-15(24-10-18(21)22)13-6-5-11-3-1-2-4-14(11)25-16(13)8-12/h1-4,7-8H,5-6,9-10H2,(H,19,20)(H,21,22). The van der Waals surface area contributed by atoms with Crippen molar-refractivity contribution in [1.82, 2.24) is 0 Å². The van der Waals surface area contributed by atoms with Crippen LogP contribution >= 0.6 is 0 Å². The van der Waals surface area contributed by atoms with E-state index in [9.17, 15) is 9.59 Å². The van der Waals surface area contributed by atoms with Crippen LogP contribution in [0.15, 0.2) is 36.4 Å². The molecule has 0 spiro atoms. The molecule has 2 N–H and O–H groups in total. The molecule has 0 fully saturated rings. The van der Waals surface area contributed by atoms with Crippen molar-refractivity contribution in [2.75, 3.05) is 13.2 Å². The van der Waals surface area contributed by atoms with Gasteiger partial charge in [-0.25, -0.2) is 9.59 Å². The predicted octanol–water partition coefficient (Wildman–Crippen LogP) is 2.50. The number of carboxylic acids is 2. The maximum atomic E-state index is 10.8. The summed E-state index contributed by atoms with van der Waals surface area (Å²) in [5.41, 5.74) is 1.75. The summed E-state index contributed by atoms with van der Waals surface area (Å²) in [5.74, 6) is -0.513. The number of carbonyl (C=O) groups is 2. The number of aryl methyl sites for hydroxylation is 1. The lowest BCUT2D eigenvalue weighted by molar-refractivity contribution is -0.140. The third kappa shape index (κ3) is 4.00. The second-order valence-electron chi connectivity index (χ2n) is 5.47. The Morgan fingerprint density at radius 1 is 0.960 bits per heavy atom. The first-order valence-electron chi connectivity index (χ1n) is 7.65. The van der Waals surface area contributed by atoms with E-state index in [-0.39, 0.29) is 5.75 Å². The van der Waals surface area contributed by atoms with Gasteiger partial charge < -0.3 is 24.4 Å². The fourth-order valence-corrected chi connectivity index (χ4v) is 2.62. The maximum Gasteiger partial charge on any atom is 0.341 e. The number of fused-ring (bicyclic) bond motifs is 2. The van der Waals surface area contributed by atoms with Crippen LogP contribution in [-0.2, 0) is 22.4 Å². The second-order valence-corrected chi connectivity index (χ2v) is 5.47. The van der Waals surface area contributed by atoms with Crippen molar-refractivity contribution in [2.45, 2.75) is 12.8 Å². The number of hydrogen-bond donors (Lipinski definition) is 2. The fourth-order valence-electron chi connectivity index (χ4n) is 2.62. The van der Waals surface area contributed by atoms with Crippen molar-refractivity contribution in [2.24, 2.45) is 0 Å². The Hall–Kier alpha value is -3.22. The Kier molecular flexibility index (Phi) is 4.74. The van der Waals surface area contributed by atoms with Gasteiger partial charge in [-0.05, 0) is 24.5 Å².